The van der Waals surface area contributed by atoms with Crippen molar-refractivity contribution in [1.29, 1.82) is 0 Å². The van der Waals surface area contributed by atoms with Crippen molar-refractivity contribution in [2.45, 2.75) is 19.3 Å². The molecule has 11 heavy (non-hydrogen) atoms. The van der Waals surface area contributed by atoms with Crippen LogP contribution >= 0.6 is 0 Å². The fourth-order valence-corrected chi connectivity index (χ4v) is 0.461. The van der Waals surface area contributed by atoms with Gasteiger partial charge in [-0.3, -0.25) is 4.79 Å². The minimum atomic E-state index is -2.91. The third-order valence-corrected chi connectivity index (χ3v) is 0.977. The van der Waals surface area contributed by atoms with Crippen LogP contribution in [0.4, 0.5) is 0 Å². The molecular weight excluding hydrogens is 152 g/mol. The van der Waals surface area contributed by atoms with E-state index < -0.39 is 18.4 Å². The molecule has 0 heterocycles. The Morgan fingerprint density at radius 3 is 2.45 bits per heavy atom. The Balaban J connectivity index is 3.74. The van der Waals surface area contributed by atoms with Crippen LogP contribution < -0.4 is 10.2 Å². The molecule has 0 aromatic heterocycles. The van der Waals surface area contributed by atoms with Crippen LogP contribution in [-0.2, 0) is 14.3 Å². The van der Waals surface area contributed by atoms with Gasteiger partial charge >= 0.3 is 5.97 Å². The van der Waals surface area contributed by atoms with Gasteiger partial charge in [0.05, 0.1) is 6.61 Å². The lowest BCUT2D eigenvalue weighted by Gasteiger charge is -2.45. The zero-order valence-electron chi connectivity index (χ0n) is 6.46. The van der Waals surface area contributed by atoms with Crippen LogP contribution in [0, 0.1) is 0 Å². The van der Waals surface area contributed by atoms with Crippen molar-refractivity contribution in [3.63, 3.8) is 0 Å². The van der Waals surface area contributed by atoms with E-state index in [0.717, 1.165) is 7.11 Å². The fraction of sp³-hybridized carbons (Fsp3) is 0.833. The summed E-state index contributed by atoms with van der Waals surface area (Å²) in [6, 6.07) is 0. The monoisotopic (exact) mass is 162 g/mol. The van der Waals surface area contributed by atoms with Gasteiger partial charge in [0, 0.05) is 13.5 Å². The van der Waals surface area contributed by atoms with E-state index in [1.165, 1.54) is 0 Å². The molecule has 0 aliphatic heterocycles. The summed E-state index contributed by atoms with van der Waals surface area (Å²) in [5.41, 5.74) is 0. The first-order chi connectivity index (χ1) is 5.02. The molecule has 5 nitrogen and oxygen atoms in total. The van der Waals surface area contributed by atoms with E-state index in [2.05, 4.69) is 9.47 Å². The summed E-state index contributed by atoms with van der Waals surface area (Å²) >= 11 is 0. The van der Waals surface area contributed by atoms with E-state index in [0.29, 0.717) is 0 Å². The first kappa shape index (κ1) is 10.3. The Morgan fingerprint density at radius 1 is 1.55 bits per heavy atom. The minimum absolute atomic E-state index is 0.151. The zero-order valence-corrected chi connectivity index (χ0v) is 6.46. The number of hydrogen-bond acceptors (Lipinski definition) is 5. The van der Waals surface area contributed by atoms with Crippen molar-refractivity contribution in [2.24, 2.45) is 0 Å². The summed E-state index contributed by atoms with van der Waals surface area (Å²) in [5, 5.41) is 21.0. The van der Waals surface area contributed by atoms with Gasteiger partial charge in [0.2, 0.25) is 0 Å². The summed E-state index contributed by atoms with van der Waals surface area (Å²) < 4.78 is 8.30. The highest BCUT2D eigenvalue weighted by Gasteiger charge is 2.07. The number of carbonyl (C=O) groups excluding carboxylic acids is 1. The average molecular weight is 162 g/mol. The lowest BCUT2D eigenvalue weighted by Crippen LogP contribution is -2.59. The molecular formula is C6H10O5-2. The van der Waals surface area contributed by atoms with Gasteiger partial charge in [-0.2, -0.15) is 0 Å². The second-order valence-electron chi connectivity index (χ2n) is 1.87. The minimum Gasteiger partial charge on any atom is -0.842 e. The topological polar surface area (TPSA) is 81.7 Å². The highest BCUT2D eigenvalue weighted by molar-refractivity contribution is 5.69. The van der Waals surface area contributed by atoms with Gasteiger partial charge in [0.25, 0.3) is 0 Å². The van der Waals surface area contributed by atoms with Gasteiger partial charge in [0.1, 0.15) is 0 Å². The predicted molar refractivity (Wildman–Crippen MR) is 31.0 cm³/mol. The van der Waals surface area contributed by atoms with Crippen LogP contribution in [0.1, 0.15) is 13.3 Å². The summed E-state index contributed by atoms with van der Waals surface area (Å²) in [6.45, 7) is 1.74. The lowest BCUT2D eigenvalue weighted by atomic mass is 10.4. The van der Waals surface area contributed by atoms with Gasteiger partial charge in [-0.05, 0) is 6.92 Å². The van der Waals surface area contributed by atoms with Crippen LogP contribution in [-0.4, -0.2) is 25.7 Å². The number of ether oxygens (including phenoxy) is 2. The smallest absolute Gasteiger partial charge is 0.305 e. The van der Waals surface area contributed by atoms with Gasteiger partial charge in [-0.25, -0.2) is 0 Å². The van der Waals surface area contributed by atoms with E-state index in [1.807, 2.05) is 0 Å². The molecule has 0 spiro atoms. The molecule has 0 bridgehead atoms. The SMILES string of the molecule is CCOC(=O)CC([O-])([O-])OC. The number of methoxy groups -OCH3 is 1. The molecule has 5 heteroatoms. The molecule has 0 N–H and O–H groups in total. The van der Waals surface area contributed by atoms with Gasteiger partial charge < -0.3 is 19.7 Å². The van der Waals surface area contributed by atoms with Crippen molar-refractivity contribution in [1.82, 2.24) is 0 Å². The maximum Gasteiger partial charge on any atom is 0.305 e. The third-order valence-electron chi connectivity index (χ3n) is 0.977. The van der Waals surface area contributed by atoms with Crippen LogP contribution in [0.3, 0.4) is 0 Å². The molecule has 0 aliphatic carbocycles. The molecule has 0 atom stereocenters. The Labute approximate surface area is 64.5 Å². The van der Waals surface area contributed by atoms with E-state index >= 15 is 0 Å². The van der Waals surface area contributed by atoms with Gasteiger partial charge in [-0.1, -0.05) is 5.97 Å². The lowest BCUT2D eigenvalue weighted by molar-refractivity contribution is -0.781. The predicted octanol–water partition coefficient (Wildman–Crippen LogP) is -2.04. The molecule has 0 unspecified atom stereocenters. The Morgan fingerprint density at radius 2 is 2.09 bits per heavy atom. The molecule has 0 fully saturated rings. The third kappa shape index (κ3) is 4.72. The van der Waals surface area contributed by atoms with Crippen molar-refractivity contribution in [3.8, 4) is 0 Å². The van der Waals surface area contributed by atoms with Crippen molar-refractivity contribution in [2.75, 3.05) is 13.7 Å². The number of hydrogen-bond donors (Lipinski definition) is 0. The van der Waals surface area contributed by atoms with Gasteiger partial charge in [-0.15, -0.1) is 0 Å². The standard InChI is InChI=1S/C6H10O5/c1-3-11-5(7)4-6(8,9)10-2/h3-4H2,1-2H3/q-2. The highest BCUT2D eigenvalue weighted by Crippen LogP contribution is 1.98. The summed E-state index contributed by atoms with van der Waals surface area (Å²) in [7, 11) is 0.958. The van der Waals surface area contributed by atoms with Crippen LogP contribution in [0.2, 0.25) is 0 Å². The fourth-order valence-electron chi connectivity index (χ4n) is 0.461. The van der Waals surface area contributed by atoms with E-state index in [9.17, 15) is 15.0 Å². The molecule has 0 aromatic carbocycles. The molecule has 0 radical (unpaired) electrons. The number of esters is 1. The zero-order chi connectivity index (χ0) is 8.91. The first-order valence-electron chi connectivity index (χ1n) is 3.13. The number of carbonyl (C=O) groups is 1. The first-order valence-corrected chi connectivity index (χ1v) is 3.13. The molecule has 0 aromatic rings. The van der Waals surface area contributed by atoms with Crippen LogP contribution in [0.5, 0.6) is 0 Å². The van der Waals surface area contributed by atoms with E-state index in [-0.39, 0.29) is 6.61 Å². The van der Waals surface area contributed by atoms with Crippen molar-refractivity contribution < 1.29 is 24.5 Å². The molecule has 0 amide bonds. The van der Waals surface area contributed by atoms with E-state index in [4.69, 9.17) is 0 Å². The second kappa shape index (κ2) is 4.27. The molecule has 0 aliphatic rings. The van der Waals surface area contributed by atoms with Gasteiger partial charge in [0.15, 0.2) is 0 Å². The number of rotatable bonds is 4. The highest BCUT2D eigenvalue weighted by atomic mass is 16.8. The summed E-state index contributed by atoms with van der Waals surface area (Å²) in [4.78, 5) is 10.5. The van der Waals surface area contributed by atoms with Crippen molar-refractivity contribution in [3.05, 3.63) is 0 Å². The van der Waals surface area contributed by atoms with Crippen molar-refractivity contribution >= 4 is 5.97 Å². The van der Waals surface area contributed by atoms with E-state index in [1.54, 1.807) is 6.92 Å². The summed E-state index contributed by atoms with van der Waals surface area (Å²) in [6.07, 6.45) is -0.808. The van der Waals surface area contributed by atoms with Crippen LogP contribution in [0.15, 0.2) is 0 Å². The second-order valence-corrected chi connectivity index (χ2v) is 1.87. The Kier molecular flexibility index (Phi) is 4.02. The largest absolute Gasteiger partial charge is 0.842 e. The maximum absolute atomic E-state index is 10.5. The molecule has 0 saturated carbocycles. The quantitative estimate of drug-likeness (QED) is 0.351. The summed E-state index contributed by atoms with van der Waals surface area (Å²) in [5.74, 6) is -3.74. The Hall–Kier alpha value is -0.650. The average Bonchev–Trinajstić information content (AvgIpc) is 1.87. The normalized spacial score (nSPS) is 11.3. The molecule has 66 valence electrons. The Bertz CT molecular complexity index is 131. The van der Waals surface area contributed by atoms with Crippen LogP contribution in [0.25, 0.3) is 0 Å². The molecule has 0 saturated heterocycles. The maximum atomic E-state index is 10.5. The molecule has 0 rings (SSSR count).